The van der Waals surface area contributed by atoms with Gasteiger partial charge in [0.15, 0.2) is 0 Å². The lowest BCUT2D eigenvalue weighted by molar-refractivity contribution is -0.120. The zero-order valence-corrected chi connectivity index (χ0v) is 10.8. The van der Waals surface area contributed by atoms with E-state index >= 15 is 0 Å². The van der Waals surface area contributed by atoms with Gasteiger partial charge >= 0.3 is 0 Å². The van der Waals surface area contributed by atoms with Crippen LogP contribution in [0.25, 0.3) is 0 Å². The van der Waals surface area contributed by atoms with Crippen LogP contribution in [0.4, 0.5) is 0 Å². The number of aryl methyl sites for hydroxylation is 1. The average Bonchev–Trinajstić information content (AvgIpc) is 2.99. The molecule has 1 amide bonds. The molecule has 1 fully saturated rings. The van der Waals surface area contributed by atoms with Crippen LogP contribution in [0.15, 0.2) is 5.38 Å². The zero-order valence-electron chi connectivity index (χ0n) is 10.0. The predicted molar refractivity (Wildman–Crippen MR) is 67.0 cm³/mol. The van der Waals surface area contributed by atoms with Crippen molar-refractivity contribution in [2.24, 2.45) is 5.41 Å². The number of hydrogen-bond acceptors (Lipinski definition) is 4. The topological polar surface area (TPSA) is 62.2 Å². The standard InChI is InChI=1S/C12H18N2O2S/c1-2-11-14-9(6-17-11)5-10(16)13-7-12(8-15)3-4-12/h6,15H,2-5,7-8H2,1H3,(H,13,16). The minimum absolute atomic E-state index is 0.00215. The number of aliphatic hydroxyl groups excluding tert-OH is 1. The summed E-state index contributed by atoms with van der Waals surface area (Å²) in [4.78, 5) is 16.0. The number of rotatable bonds is 6. The van der Waals surface area contributed by atoms with Crippen LogP contribution >= 0.6 is 11.3 Å². The Balaban J connectivity index is 1.77. The molecule has 2 N–H and O–H groups in total. The van der Waals surface area contributed by atoms with Crippen molar-refractivity contribution in [2.45, 2.75) is 32.6 Å². The Morgan fingerprint density at radius 2 is 2.41 bits per heavy atom. The van der Waals surface area contributed by atoms with Gasteiger partial charge in [-0.3, -0.25) is 4.79 Å². The van der Waals surface area contributed by atoms with E-state index < -0.39 is 0 Å². The van der Waals surface area contributed by atoms with E-state index in [4.69, 9.17) is 5.11 Å². The molecule has 17 heavy (non-hydrogen) atoms. The van der Waals surface area contributed by atoms with Crippen molar-refractivity contribution in [1.29, 1.82) is 0 Å². The fraction of sp³-hybridized carbons (Fsp3) is 0.667. The van der Waals surface area contributed by atoms with Crippen LogP contribution in [-0.4, -0.2) is 29.1 Å². The molecule has 1 heterocycles. The highest BCUT2D eigenvalue weighted by Crippen LogP contribution is 2.44. The van der Waals surface area contributed by atoms with Gasteiger partial charge in [0.1, 0.15) is 0 Å². The molecule has 94 valence electrons. The lowest BCUT2D eigenvalue weighted by Crippen LogP contribution is -2.32. The number of nitrogens with zero attached hydrogens (tertiary/aromatic N) is 1. The molecule has 0 bridgehead atoms. The number of nitrogens with one attached hydrogen (secondary N) is 1. The van der Waals surface area contributed by atoms with E-state index in [2.05, 4.69) is 17.2 Å². The molecule has 0 aromatic carbocycles. The molecule has 1 saturated carbocycles. The maximum absolute atomic E-state index is 11.7. The molecular formula is C12H18N2O2S. The van der Waals surface area contributed by atoms with Gasteiger partial charge in [0.2, 0.25) is 5.91 Å². The van der Waals surface area contributed by atoms with Gasteiger partial charge in [0.25, 0.3) is 0 Å². The smallest absolute Gasteiger partial charge is 0.226 e. The summed E-state index contributed by atoms with van der Waals surface area (Å²) in [5.41, 5.74) is 0.824. The molecule has 0 atom stereocenters. The van der Waals surface area contributed by atoms with Gasteiger partial charge in [-0.25, -0.2) is 4.98 Å². The van der Waals surface area contributed by atoms with Crippen LogP contribution in [0.5, 0.6) is 0 Å². The summed E-state index contributed by atoms with van der Waals surface area (Å²) in [7, 11) is 0. The van der Waals surface area contributed by atoms with E-state index in [0.29, 0.717) is 13.0 Å². The Morgan fingerprint density at radius 1 is 1.65 bits per heavy atom. The Kier molecular flexibility index (Phi) is 3.79. The minimum Gasteiger partial charge on any atom is -0.396 e. The highest BCUT2D eigenvalue weighted by Gasteiger charge is 2.41. The second kappa shape index (κ2) is 5.14. The SMILES string of the molecule is CCc1nc(CC(=O)NCC2(CO)CC2)cs1. The Morgan fingerprint density at radius 3 is 2.94 bits per heavy atom. The molecule has 4 nitrogen and oxygen atoms in total. The maximum atomic E-state index is 11.7. The molecule has 1 aromatic rings. The Labute approximate surface area is 105 Å². The van der Waals surface area contributed by atoms with E-state index in [-0.39, 0.29) is 17.9 Å². The number of carbonyl (C=O) groups is 1. The fourth-order valence-electron chi connectivity index (χ4n) is 1.67. The van der Waals surface area contributed by atoms with E-state index in [1.807, 2.05) is 5.38 Å². The third-order valence-electron chi connectivity index (χ3n) is 3.20. The van der Waals surface area contributed by atoms with Crippen LogP contribution in [0, 0.1) is 5.41 Å². The average molecular weight is 254 g/mol. The normalized spacial score (nSPS) is 16.8. The quantitative estimate of drug-likeness (QED) is 0.800. The number of aromatic nitrogens is 1. The highest BCUT2D eigenvalue weighted by molar-refractivity contribution is 7.09. The first-order valence-electron chi connectivity index (χ1n) is 5.98. The van der Waals surface area contributed by atoms with Crippen molar-refractivity contribution in [3.63, 3.8) is 0 Å². The number of amides is 1. The molecular weight excluding hydrogens is 236 g/mol. The molecule has 1 aliphatic carbocycles. The molecule has 2 rings (SSSR count). The molecule has 1 aliphatic rings. The van der Waals surface area contributed by atoms with Crippen molar-refractivity contribution in [1.82, 2.24) is 10.3 Å². The largest absolute Gasteiger partial charge is 0.396 e. The van der Waals surface area contributed by atoms with Gasteiger partial charge in [-0.05, 0) is 19.3 Å². The van der Waals surface area contributed by atoms with E-state index in [9.17, 15) is 4.79 Å². The van der Waals surface area contributed by atoms with Crippen molar-refractivity contribution in [2.75, 3.05) is 13.2 Å². The third-order valence-corrected chi connectivity index (χ3v) is 4.24. The summed E-state index contributed by atoms with van der Waals surface area (Å²) in [5, 5.41) is 15.0. The van der Waals surface area contributed by atoms with Crippen LogP contribution in [0.1, 0.15) is 30.5 Å². The number of aliphatic hydroxyl groups is 1. The third kappa shape index (κ3) is 3.26. The summed E-state index contributed by atoms with van der Waals surface area (Å²) in [5.74, 6) is -0.00215. The van der Waals surface area contributed by atoms with Crippen molar-refractivity contribution in [3.8, 4) is 0 Å². The summed E-state index contributed by atoms with van der Waals surface area (Å²) >= 11 is 1.60. The summed E-state index contributed by atoms with van der Waals surface area (Å²) < 4.78 is 0. The van der Waals surface area contributed by atoms with Crippen molar-refractivity contribution >= 4 is 17.2 Å². The van der Waals surface area contributed by atoms with E-state index in [0.717, 1.165) is 30.0 Å². The molecule has 0 radical (unpaired) electrons. The summed E-state index contributed by atoms with van der Waals surface area (Å²) in [6.07, 6.45) is 3.29. The van der Waals surface area contributed by atoms with Crippen LogP contribution < -0.4 is 5.32 Å². The lowest BCUT2D eigenvalue weighted by Gasteiger charge is -2.12. The summed E-state index contributed by atoms with van der Waals surface area (Å²) in [6.45, 7) is 2.82. The first-order valence-corrected chi connectivity index (χ1v) is 6.86. The van der Waals surface area contributed by atoms with Gasteiger partial charge in [0, 0.05) is 17.3 Å². The monoisotopic (exact) mass is 254 g/mol. The second-order valence-corrected chi connectivity index (χ2v) is 5.64. The van der Waals surface area contributed by atoms with Gasteiger partial charge in [0.05, 0.1) is 23.7 Å². The van der Waals surface area contributed by atoms with E-state index in [1.165, 1.54) is 0 Å². The first kappa shape index (κ1) is 12.5. The molecule has 1 aromatic heterocycles. The summed E-state index contributed by atoms with van der Waals surface area (Å²) in [6, 6.07) is 0. The van der Waals surface area contributed by atoms with Gasteiger partial charge in [-0.1, -0.05) is 6.92 Å². The Hall–Kier alpha value is -0.940. The zero-order chi connectivity index (χ0) is 12.3. The molecule has 0 unspecified atom stereocenters. The van der Waals surface area contributed by atoms with Gasteiger partial charge in [-0.2, -0.15) is 0 Å². The number of hydrogen-bond donors (Lipinski definition) is 2. The minimum atomic E-state index is -0.0215. The first-order chi connectivity index (χ1) is 8.17. The van der Waals surface area contributed by atoms with Crippen LogP contribution in [-0.2, 0) is 17.6 Å². The van der Waals surface area contributed by atoms with Crippen LogP contribution in [0.3, 0.4) is 0 Å². The van der Waals surface area contributed by atoms with Crippen molar-refractivity contribution < 1.29 is 9.90 Å². The molecule has 0 saturated heterocycles. The Bertz CT molecular complexity index is 399. The highest BCUT2D eigenvalue weighted by atomic mass is 32.1. The van der Waals surface area contributed by atoms with Crippen LogP contribution in [0.2, 0.25) is 0 Å². The molecule has 5 heteroatoms. The second-order valence-electron chi connectivity index (χ2n) is 4.70. The van der Waals surface area contributed by atoms with E-state index in [1.54, 1.807) is 11.3 Å². The number of carbonyl (C=O) groups excluding carboxylic acids is 1. The van der Waals surface area contributed by atoms with Gasteiger partial charge in [-0.15, -0.1) is 11.3 Å². The molecule has 0 spiro atoms. The number of thiazole rings is 1. The van der Waals surface area contributed by atoms with Gasteiger partial charge < -0.3 is 10.4 Å². The predicted octanol–water partition coefficient (Wildman–Crippen LogP) is 1.14. The maximum Gasteiger partial charge on any atom is 0.226 e. The lowest BCUT2D eigenvalue weighted by atomic mass is 10.1. The fourth-order valence-corrected chi connectivity index (χ4v) is 2.42. The van der Waals surface area contributed by atoms with Crippen molar-refractivity contribution in [3.05, 3.63) is 16.1 Å². The molecule has 0 aliphatic heterocycles.